The van der Waals surface area contributed by atoms with Crippen LogP contribution in [0.5, 0.6) is 0 Å². The Balaban J connectivity index is 2.29. The summed E-state index contributed by atoms with van der Waals surface area (Å²) in [6.45, 7) is 6.32. The Hall–Kier alpha value is -2.06. The molecular weight excluding hydrogens is 244 g/mol. The minimum atomic E-state index is 0.00255. The van der Waals surface area contributed by atoms with Gasteiger partial charge < -0.3 is 10.7 Å². The van der Waals surface area contributed by atoms with E-state index in [9.17, 15) is 0 Å². The summed E-state index contributed by atoms with van der Waals surface area (Å²) in [5.74, 6) is 0. The molecule has 0 radical (unpaired) electrons. The number of aromatic amines is 1. The molecule has 0 saturated heterocycles. The van der Waals surface area contributed by atoms with Crippen molar-refractivity contribution in [3.05, 3.63) is 59.2 Å². The molecule has 0 saturated carbocycles. The Bertz CT molecular complexity index is 766. The number of fused-ring (bicyclic) bond motifs is 1. The topological polar surface area (TPSA) is 41.8 Å². The van der Waals surface area contributed by atoms with Gasteiger partial charge in [-0.15, -0.1) is 0 Å². The Morgan fingerprint density at radius 3 is 2.45 bits per heavy atom. The monoisotopic (exact) mass is 264 g/mol. The van der Waals surface area contributed by atoms with Crippen molar-refractivity contribution in [2.75, 3.05) is 0 Å². The molecule has 1 aromatic heterocycles. The third-order valence-electron chi connectivity index (χ3n) is 4.00. The molecule has 2 nitrogen and oxygen atoms in total. The third-order valence-corrected chi connectivity index (χ3v) is 4.00. The van der Waals surface area contributed by atoms with Crippen LogP contribution in [0.1, 0.15) is 29.7 Å². The van der Waals surface area contributed by atoms with Gasteiger partial charge in [0.2, 0.25) is 0 Å². The molecule has 20 heavy (non-hydrogen) atoms. The molecule has 0 aliphatic heterocycles. The molecule has 1 heterocycles. The van der Waals surface area contributed by atoms with Crippen molar-refractivity contribution in [2.24, 2.45) is 5.73 Å². The summed E-state index contributed by atoms with van der Waals surface area (Å²) in [6.07, 6.45) is 0. The second kappa shape index (κ2) is 4.80. The van der Waals surface area contributed by atoms with E-state index in [-0.39, 0.29) is 6.04 Å². The number of nitrogens with two attached hydrogens (primary N) is 1. The van der Waals surface area contributed by atoms with E-state index in [2.05, 4.69) is 55.2 Å². The third kappa shape index (κ3) is 2.02. The fourth-order valence-corrected chi connectivity index (χ4v) is 2.76. The number of hydrogen-bond acceptors (Lipinski definition) is 1. The van der Waals surface area contributed by atoms with Gasteiger partial charge in [-0.05, 0) is 49.6 Å². The van der Waals surface area contributed by atoms with E-state index in [1.807, 2.05) is 13.0 Å². The predicted octanol–water partition coefficient (Wildman–Crippen LogP) is 4.47. The first kappa shape index (κ1) is 12.9. The predicted molar refractivity (Wildman–Crippen MR) is 85.8 cm³/mol. The van der Waals surface area contributed by atoms with Crippen LogP contribution in [0, 0.1) is 13.8 Å². The summed E-state index contributed by atoms with van der Waals surface area (Å²) in [7, 11) is 0. The largest absolute Gasteiger partial charge is 0.354 e. The lowest BCUT2D eigenvalue weighted by atomic mass is 9.98. The van der Waals surface area contributed by atoms with E-state index in [1.54, 1.807) is 0 Å². The van der Waals surface area contributed by atoms with Gasteiger partial charge in [0.25, 0.3) is 0 Å². The van der Waals surface area contributed by atoms with Gasteiger partial charge in [-0.2, -0.15) is 0 Å². The lowest BCUT2D eigenvalue weighted by Crippen LogP contribution is -2.05. The van der Waals surface area contributed by atoms with E-state index in [1.165, 1.54) is 27.6 Å². The van der Waals surface area contributed by atoms with Gasteiger partial charge in [0, 0.05) is 22.5 Å². The molecule has 3 aromatic rings. The van der Waals surface area contributed by atoms with Crippen molar-refractivity contribution in [1.82, 2.24) is 4.98 Å². The molecule has 3 rings (SSSR count). The van der Waals surface area contributed by atoms with Crippen LogP contribution in [-0.2, 0) is 0 Å². The Labute approximate surface area is 119 Å². The van der Waals surface area contributed by atoms with Crippen LogP contribution in [0.4, 0.5) is 0 Å². The van der Waals surface area contributed by atoms with Crippen molar-refractivity contribution >= 4 is 10.9 Å². The summed E-state index contributed by atoms with van der Waals surface area (Å²) in [4.78, 5) is 3.53. The van der Waals surface area contributed by atoms with E-state index in [0.717, 1.165) is 11.2 Å². The SMILES string of the molecule is Cc1ccc(-c2[nH]c3ccccc3c2C(C)N)cc1C. The number of H-pyrrole nitrogens is 1. The molecule has 0 aliphatic carbocycles. The van der Waals surface area contributed by atoms with Crippen molar-refractivity contribution in [3.8, 4) is 11.3 Å². The van der Waals surface area contributed by atoms with Gasteiger partial charge in [-0.25, -0.2) is 0 Å². The van der Waals surface area contributed by atoms with Crippen molar-refractivity contribution in [3.63, 3.8) is 0 Å². The Morgan fingerprint density at radius 1 is 1.00 bits per heavy atom. The molecule has 0 bridgehead atoms. The van der Waals surface area contributed by atoms with Crippen LogP contribution < -0.4 is 5.73 Å². The minimum absolute atomic E-state index is 0.00255. The quantitative estimate of drug-likeness (QED) is 0.704. The summed E-state index contributed by atoms with van der Waals surface area (Å²) in [6, 6.07) is 14.9. The summed E-state index contributed by atoms with van der Waals surface area (Å²) >= 11 is 0. The lowest BCUT2D eigenvalue weighted by Gasteiger charge is -2.10. The molecule has 102 valence electrons. The average Bonchev–Trinajstić information content (AvgIpc) is 2.81. The summed E-state index contributed by atoms with van der Waals surface area (Å²) in [5.41, 5.74) is 13.5. The lowest BCUT2D eigenvalue weighted by molar-refractivity contribution is 0.828. The molecular formula is C18H20N2. The highest BCUT2D eigenvalue weighted by Crippen LogP contribution is 2.34. The first-order chi connectivity index (χ1) is 9.58. The number of aromatic nitrogens is 1. The number of hydrogen-bond donors (Lipinski definition) is 2. The zero-order valence-electron chi connectivity index (χ0n) is 12.2. The van der Waals surface area contributed by atoms with Crippen LogP contribution in [0.25, 0.3) is 22.2 Å². The smallest absolute Gasteiger partial charge is 0.0513 e. The number of aryl methyl sites for hydroxylation is 2. The van der Waals surface area contributed by atoms with Crippen LogP contribution in [-0.4, -0.2) is 4.98 Å². The Morgan fingerprint density at radius 2 is 1.75 bits per heavy atom. The number of para-hydroxylation sites is 1. The van der Waals surface area contributed by atoms with Crippen molar-refractivity contribution in [2.45, 2.75) is 26.8 Å². The van der Waals surface area contributed by atoms with Crippen molar-refractivity contribution in [1.29, 1.82) is 0 Å². The summed E-state index contributed by atoms with van der Waals surface area (Å²) in [5, 5.41) is 1.22. The molecule has 0 spiro atoms. The van der Waals surface area contributed by atoms with E-state index < -0.39 is 0 Å². The number of benzene rings is 2. The van der Waals surface area contributed by atoms with Gasteiger partial charge in [0.15, 0.2) is 0 Å². The van der Waals surface area contributed by atoms with Crippen LogP contribution in [0.2, 0.25) is 0 Å². The first-order valence-electron chi connectivity index (χ1n) is 7.01. The van der Waals surface area contributed by atoms with Gasteiger partial charge in [0.1, 0.15) is 0 Å². The standard InChI is InChI=1S/C18H20N2/c1-11-8-9-14(10-12(11)2)18-17(13(3)19)15-6-4-5-7-16(15)20-18/h4-10,13,20H,19H2,1-3H3. The highest BCUT2D eigenvalue weighted by molar-refractivity contribution is 5.91. The average molecular weight is 264 g/mol. The fraction of sp³-hybridized carbons (Fsp3) is 0.222. The molecule has 2 aromatic carbocycles. The van der Waals surface area contributed by atoms with E-state index in [0.29, 0.717) is 0 Å². The van der Waals surface area contributed by atoms with E-state index >= 15 is 0 Å². The normalized spacial score (nSPS) is 12.8. The molecule has 2 heteroatoms. The fourth-order valence-electron chi connectivity index (χ4n) is 2.76. The van der Waals surface area contributed by atoms with Crippen LogP contribution in [0.3, 0.4) is 0 Å². The highest BCUT2D eigenvalue weighted by Gasteiger charge is 2.16. The molecule has 3 N–H and O–H groups in total. The molecule has 1 atom stereocenters. The molecule has 0 fully saturated rings. The summed E-state index contributed by atoms with van der Waals surface area (Å²) < 4.78 is 0. The van der Waals surface area contributed by atoms with Crippen LogP contribution >= 0.6 is 0 Å². The minimum Gasteiger partial charge on any atom is -0.354 e. The van der Waals surface area contributed by atoms with Crippen molar-refractivity contribution < 1.29 is 0 Å². The molecule has 0 amide bonds. The number of nitrogens with one attached hydrogen (secondary N) is 1. The van der Waals surface area contributed by atoms with E-state index in [4.69, 9.17) is 5.73 Å². The van der Waals surface area contributed by atoms with Gasteiger partial charge in [0.05, 0.1) is 5.69 Å². The zero-order valence-corrected chi connectivity index (χ0v) is 12.2. The first-order valence-corrected chi connectivity index (χ1v) is 7.01. The maximum absolute atomic E-state index is 6.21. The Kier molecular flexibility index (Phi) is 3.11. The second-order valence-corrected chi connectivity index (χ2v) is 5.55. The second-order valence-electron chi connectivity index (χ2n) is 5.55. The zero-order chi connectivity index (χ0) is 14.3. The van der Waals surface area contributed by atoms with Crippen LogP contribution in [0.15, 0.2) is 42.5 Å². The molecule has 0 aliphatic rings. The van der Waals surface area contributed by atoms with Gasteiger partial charge in [-0.3, -0.25) is 0 Å². The maximum atomic E-state index is 6.21. The van der Waals surface area contributed by atoms with Gasteiger partial charge >= 0.3 is 0 Å². The van der Waals surface area contributed by atoms with Gasteiger partial charge in [-0.1, -0.05) is 30.3 Å². The molecule has 1 unspecified atom stereocenters. The highest BCUT2D eigenvalue weighted by atomic mass is 14.7. The number of rotatable bonds is 2. The maximum Gasteiger partial charge on any atom is 0.0513 e.